The highest BCUT2D eigenvalue weighted by Gasteiger charge is 2.13. The van der Waals surface area contributed by atoms with Crippen LogP contribution < -0.4 is 5.32 Å². The number of nitrogens with zero attached hydrogens (tertiary/aromatic N) is 2. The lowest BCUT2D eigenvalue weighted by atomic mass is 10.2. The van der Waals surface area contributed by atoms with Gasteiger partial charge in [0.05, 0.1) is 23.4 Å². The molecule has 0 aliphatic carbocycles. The topological polar surface area (TPSA) is 88.3 Å². The van der Waals surface area contributed by atoms with Crippen molar-refractivity contribution in [2.75, 3.05) is 5.32 Å². The number of hydrogen-bond acceptors (Lipinski definition) is 5. The lowest BCUT2D eigenvalue weighted by Gasteiger charge is -2.07. The SMILES string of the molecule is O=[N+]([O-])c1ccc(Cl)cc1NCc1ccc(O)cn1. The normalized spacial score (nSPS) is 10.2. The summed E-state index contributed by atoms with van der Waals surface area (Å²) in [5, 5.41) is 23.3. The molecule has 0 saturated heterocycles. The monoisotopic (exact) mass is 279 g/mol. The second kappa shape index (κ2) is 5.53. The van der Waals surface area contributed by atoms with Gasteiger partial charge in [-0.15, -0.1) is 0 Å². The van der Waals surface area contributed by atoms with Crippen LogP contribution in [-0.4, -0.2) is 15.0 Å². The van der Waals surface area contributed by atoms with E-state index in [-0.39, 0.29) is 11.4 Å². The van der Waals surface area contributed by atoms with Crippen molar-refractivity contribution in [1.82, 2.24) is 4.98 Å². The lowest BCUT2D eigenvalue weighted by molar-refractivity contribution is -0.384. The maximum absolute atomic E-state index is 10.9. The average Bonchev–Trinajstić information content (AvgIpc) is 2.38. The highest BCUT2D eigenvalue weighted by atomic mass is 35.5. The number of nitro benzene ring substituents is 1. The molecule has 1 aromatic carbocycles. The van der Waals surface area contributed by atoms with Crippen molar-refractivity contribution >= 4 is 23.0 Å². The Bertz CT molecular complexity index is 602. The molecule has 0 saturated carbocycles. The summed E-state index contributed by atoms with van der Waals surface area (Å²) in [6.07, 6.45) is 1.31. The largest absolute Gasteiger partial charge is 0.506 e. The first kappa shape index (κ1) is 13.1. The van der Waals surface area contributed by atoms with Crippen molar-refractivity contribution in [2.45, 2.75) is 6.54 Å². The summed E-state index contributed by atoms with van der Waals surface area (Å²) in [5.74, 6) is 0.0671. The van der Waals surface area contributed by atoms with Gasteiger partial charge in [0.1, 0.15) is 11.4 Å². The number of aromatic hydroxyl groups is 1. The summed E-state index contributed by atoms with van der Waals surface area (Å²) < 4.78 is 0. The van der Waals surface area contributed by atoms with E-state index >= 15 is 0 Å². The van der Waals surface area contributed by atoms with Gasteiger partial charge in [0, 0.05) is 11.1 Å². The fourth-order valence-electron chi connectivity index (χ4n) is 1.52. The summed E-state index contributed by atoms with van der Waals surface area (Å²) in [4.78, 5) is 14.4. The van der Waals surface area contributed by atoms with Crippen LogP contribution >= 0.6 is 11.6 Å². The highest BCUT2D eigenvalue weighted by molar-refractivity contribution is 6.31. The Morgan fingerprint density at radius 1 is 1.37 bits per heavy atom. The Morgan fingerprint density at radius 3 is 2.79 bits per heavy atom. The molecule has 0 aliphatic rings. The average molecular weight is 280 g/mol. The van der Waals surface area contributed by atoms with Crippen molar-refractivity contribution < 1.29 is 10.0 Å². The van der Waals surface area contributed by atoms with Gasteiger partial charge < -0.3 is 10.4 Å². The molecule has 1 aromatic heterocycles. The predicted octanol–water partition coefficient (Wildman–Crippen LogP) is 2.96. The third-order valence-corrected chi connectivity index (χ3v) is 2.66. The molecule has 0 amide bonds. The number of anilines is 1. The van der Waals surface area contributed by atoms with Gasteiger partial charge in [-0.3, -0.25) is 15.1 Å². The standard InChI is InChI=1S/C12H10ClN3O3/c13-8-1-4-12(16(18)19)11(5-8)15-6-9-2-3-10(17)7-14-9/h1-5,7,15,17H,6H2. The summed E-state index contributed by atoms with van der Waals surface area (Å²) in [6, 6.07) is 7.41. The van der Waals surface area contributed by atoms with E-state index in [2.05, 4.69) is 10.3 Å². The van der Waals surface area contributed by atoms with Gasteiger partial charge in [0.2, 0.25) is 0 Å². The van der Waals surface area contributed by atoms with Crippen molar-refractivity contribution in [2.24, 2.45) is 0 Å². The lowest BCUT2D eigenvalue weighted by Crippen LogP contribution is -2.03. The number of nitro groups is 1. The van der Waals surface area contributed by atoms with Crippen LogP contribution in [0.25, 0.3) is 0 Å². The summed E-state index contributed by atoms with van der Waals surface area (Å²) in [5.41, 5.74) is 0.919. The third-order valence-electron chi connectivity index (χ3n) is 2.42. The third kappa shape index (κ3) is 3.32. The van der Waals surface area contributed by atoms with E-state index in [1.165, 1.54) is 30.5 Å². The van der Waals surface area contributed by atoms with Crippen LogP contribution in [0.4, 0.5) is 11.4 Å². The first-order valence-corrected chi connectivity index (χ1v) is 5.76. The minimum Gasteiger partial charge on any atom is -0.506 e. The van der Waals surface area contributed by atoms with E-state index < -0.39 is 4.92 Å². The molecule has 98 valence electrons. The van der Waals surface area contributed by atoms with Gasteiger partial charge in [-0.2, -0.15) is 0 Å². The Labute approximate surface area is 113 Å². The number of benzene rings is 1. The quantitative estimate of drug-likeness (QED) is 0.663. The number of halogens is 1. The molecule has 0 radical (unpaired) electrons. The molecule has 7 heteroatoms. The van der Waals surface area contributed by atoms with Gasteiger partial charge >= 0.3 is 0 Å². The summed E-state index contributed by atoms with van der Waals surface area (Å²) in [7, 11) is 0. The van der Waals surface area contributed by atoms with Crippen molar-refractivity contribution in [3.05, 3.63) is 57.4 Å². The van der Waals surface area contributed by atoms with Gasteiger partial charge in [-0.25, -0.2) is 0 Å². The second-order valence-electron chi connectivity index (χ2n) is 3.78. The van der Waals surface area contributed by atoms with Gasteiger partial charge in [-0.1, -0.05) is 11.6 Å². The zero-order valence-corrected chi connectivity index (χ0v) is 10.5. The summed E-state index contributed by atoms with van der Waals surface area (Å²) >= 11 is 5.81. The van der Waals surface area contributed by atoms with Gasteiger partial charge in [-0.05, 0) is 24.3 Å². The van der Waals surface area contributed by atoms with Crippen LogP contribution in [0.5, 0.6) is 5.75 Å². The molecule has 2 aromatic rings. The van der Waals surface area contributed by atoms with Crippen molar-refractivity contribution in [1.29, 1.82) is 0 Å². The predicted molar refractivity (Wildman–Crippen MR) is 71.3 cm³/mol. The number of aromatic nitrogens is 1. The minimum absolute atomic E-state index is 0.0526. The molecule has 6 nitrogen and oxygen atoms in total. The van der Waals surface area contributed by atoms with Crippen LogP contribution in [0.2, 0.25) is 5.02 Å². The number of rotatable bonds is 4. The van der Waals surface area contributed by atoms with Crippen LogP contribution in [0.1, 0.15) is 5.69 Å². The fourth-order valence-corrected chi connectivity index (χ4v) is 1.69. The van der Waals surface area contributed by atoms with E-state index in [4.69, 9.17) is 16.7 Å². The second-order valence-corrected chi connectivity index (χ2v) is 4.22. The molecule has 0 spiro atoms. The van der Waals surface area contributed by atoms with E-state index in [1.54, 1.807) is 6.07 Å². The zero-order chi connectivity index (χ0) is 13.8. The fraction of sp³-hybridized carbons (Fsp3) is 0.0833. The maximum atomic E-state index is 10.9. The van der Waals surface area contributed by atoms with Crippen molar-refractivity contribution in [3.63, 3.8) is 0 Å². The zero-order valence-electron chi connectivity index (χ0n) is 9.71. The number of hydrogen-bond donors (Lipinski definition) is 2. The Balaban J connectivity index is 2.16. The Hall–Kier alpha value is -2.34. The molecule has 0 unspecified atom stereocenters. The molecule has 2 N–H and O–H groups in total. The molecule has 0 aliphatic heterocycles. The Kier molecular flexibility index (Phi) is 3.82. The number of nitrogens with one attached hydrogen (secondary N) is 1. The first-order valence-electron chi connectivity index (χ1n) is 5.38. The van der Waals surface area contributed by atoms with Gasteiger partial charge in [0.25, 0.3) is 5.69 Å². The highest BCUT2D eigenvalue weighted by Crippen LogP contribution is 2.27. The maximum Gasteiger partial charge on any atom is 0.292 e. The first-order chi connectivity index (χ1) is 9.06. The van der Waals surface area contributed by atoms with Crippen LogP contribution in [0.3, 0.4) is 0 Å². The van der Waals surface area contributed by atoms with E-state index in [9.17, 15) is 10.1 Å². The molecular weight excluding hydrogens is 270 g/mol. The molecule has 0 bridgehead atoms. The van der Waals surface area contributed by atoms with E-state index in [0.29, 0.717) is 22.9 Å². The van der Waals surface area contributed by atoms with Crippen LogP contribution in [-0.2, 0) is 6.54 Å². The van der Waals surface area contributed by atoms with Gasteiger partial charge in [0.15, 0.2) is 0 Å². The summed E-state index contributed by atoms with van der Waals surface area (Å²) in [6.45, 7) is 0.293. The minimum atomic E-state index is -0.483. The molecular formula is C12H10ClN3O3. The molecule has 1 heterocycles. The molecule has 0 fully saturated rings. The van der Waals surface area contributed by atoms with E-state index in [1.807, 2.05) is 0 Å². The molecule has 0 atom stereocenters. The smallest absolute Gasteiger partial charge is 0.292 e. The molecule has 2 rings (SSSR count). The number of pyridine rings is 1. The molecule has 19 heavy (non-hydrogen) atoms. The van der Waals surface area contributed by atoms with Crippen molar-refractivity contribution in [3.8, 4) is 5.75 Å². The van der Waals surface area contributed by atoms with Crippen LogP contribution in [0.15, 0.2) is 36.5 Å². The van der Waals surface area contributed by atoms with E-state index in [0.717, 1.165) is 0 Å². The Morgan fingerprint density at radius 2 is 2.16 bits per heavy atom. The van der Waals surface area contributed by atoms with Crippen LogP contribution in [0, 0.1) is 10.1 Å².